The van der Waals surface area contributed by atoms with Crippen molar-refractivity contribution in [2.45, 2.75) is 19.3 Å². The van der Waals surface area contributed by atoms with Crippen LogP contribution in [-0.4, -0.2) is 46.3 Å². The monoisotopic (exact) mass is 373 g/mol. The molecule has 0 radical (unpaired) electrons. The van der Waals surface area contributed by atoms with E-state index in [1.54, 1.807) is 0 Å². The van der Waals surface area contributed by atoms with Gasteiger partial charge in [-0.15, -0.1) is 0 Å². The summed E-state index contributed by atoms with van der Waals surface area (Å²) in [5.41, 5.74) is 2.61. The summed E-state index contributed by atoms with van der Waals surface area (Å²) in [4.78, 5) is 27.9. The van der Waals surface area contributed by atoms with E-state index >= 15 is 0 Å². The zero-order chi connectivity index (χ0) is 18.6. The summed E-state index contributed by atoms with van der Waals surface area (Å²) < 4.78 is 22.6. The first-order valence-electron chi connectivity index (χ1n) is 8.12. The summed E-state index contributed by atoms with van der Waals surface area (Å²) in [6.45, 7) is 0. The average molecular weight is 373 g/mol. The lowest BCUT2D eigenvalue weighted by atomic mass is 10.1. The van der Waals surface area contributed by atoms with E-state index in [1.807, 2.05) is 30.3 Å². The van der Waals surface area contributed by atoms with Crippen LogP contribution in [0.25, 0.3) is 11.2 Å². The van der Waals surface area contributed by atoms with Crippen molar-refractivity contribution < 1.29 is 13.2 Å². The molecule has 0 bridgehead atoms. The van der Waals surface area contributed by atoms with Crippen molar-refractivity contribution in [1.82, 2.24) is 19.9 Å². The number of benzene rings is 1. The van der Waals surface area contributed by atoms with E-state index < -0.39 is 9.84 Å². The molecule has 0 atom stereocenters. The fraction of sp³-hybridized carbons (Fsp3) is 0.294. The largest absolute Gasteiger partial charge is 0.342 e. The normalized spacial score (nSPS) is 11.6. The third-order valence-electron chi connectivity index (χ3n) is 3.75. The molecular weight excluding hydrogens is 354 g/mol. The number of H-pyrrole nitrogens is 1. The number of anilines is 1. The molecule has 2 N–H and O–H groups in total. The molecule has 1 amide bonds. The predicted octanol–water partition coefficient (Wildman–Crippen LogP) is 1.51. The molecule has 8 nitrogen and oxygen atoms in total. The van der Waals surface area contributed by atoms with Gasteiger partial charge >= 0.3 is 0 Å². The van der Waals surface area contributed by atoms with Crippen molar-refractivity contribution in [2.75, 3.05) is 17.3 Å². The van der Waals surface area contributed by atoms with Crippen molar-refractivity contribution >= 4 is 32.9 Å². The van der Waals surface area contributed by atoms with Crippen molar-refractivity contribution in [3.8, 4) is 0 Å². The number of hydrogen-bond donors (Lipinski definition) is 2. The molecule has 2 aromatic heterocycles. The predicted molar refractivity (Wildman–Crippen MR) is 98.5 cm³/mol. The molecular formula is C17H19N5O3S. The number of rotatable bonds is 7. The lowest BCUT2D eigenvalue weighted by Gasteiger charge is -2.07. The molecule has 2 heterocycles. The van der Waals surface area contributed by atoms with Gasteiger partial charge in [-0.2, -0.15) is 4.98 Å². The molecule has 0 fully saturated rings. The van der Waals surface area contributed by atoms with Crippen molar-refractivity contribution in [2.24, 2.45) is 0 Å². The van der Waals surface area contributed by atoms with Crippen LogP contribution in [0, 0.1) is 0 Å². The maximum atomic E-state index is 12.2. The number of sulfone groups is 1. The van der Waals surface area contributed by atoms with Crippen LogP contribution in [0.4, 0.5) is 5.95 Å². The van der Waals surface area contributed by atoms with Gasteiger partial charge in [0.15, 0.2) is 5.65 Å². The van der Waals surface area contributed by atoms with Gasteiger partial charge in [-0.1, -0.05) is 30.3 Å². The summed E-state index contributed by atoms with van der Waals surface area (Å²) in [7, 11) is -3.04. The van der Waals surface area contributed by atoms with E-state index in [1.165, 1.54) is 12.6 Å². The van der Waals surface area contributed by atoms with Crippen molar-refractivity contribution in [1.29, 1.82) is 0 Å². The molecule has 3 rings (SSSR count). The van der Waals surface area contributed by atoms with Gasteiger partial charge in [-0.3, -0.25) is 10.1 Å². The van der Waals surface area contributed by atoms with E-state index in [9.17, 15) is 13.2 Å². The van der Waals surface area contributed by atoms with Gasteiger partial charge in [0, 0.05) is 6.26 Å². The maximum absolute atomic E-state index is 12.2. The molecule has 0 aliphatic heterocycles. The first kappa shape index (κ1) is 18.0. The second kappa shape index (κ2) is 7.61. The van der Waals surface area contributed by atoms with E-state index in [0.29, 0.717) is 29.7 Å². The summed E-state index contributed by atoms with van der Waals surface area (Å²) in [5.74, 6) is 0.00978. The highest BCUT2D eigenvalue weighted by atomic mass is 32.2. The fourth-order valence-corrected chi connectivity index (χ4v) is 3.25. The molecule has 0 aliphatic carbocycles. The molecule has 26 heavy (non-hydrogen) atoms. The molecule has 9 heteroatoms. The molecule has 0 saturated heterocycles. The minimum atomic E-state index is -3.04. The minimum absolute atomic E-state index is 0.0718. The zero-order valence-electron chi connectivity index (χ0n) is 14.3. The van der Waals surface area contributed by atoms with Crippen LogP contribution in [0.3, 0.4) is 0 Å². The second-order valence-corrected chi connectivity index (χ2v) is 8.30. The SMILES string of the molecule is CS(=O)(=O)CCCc1nc(NC(=O)Cc2ccccc2)nc2nc[nH]c12. The van der Waals surface area contributed by atoms with Gasteiger partial charge in [0.1, 0.15) is 15.4 Å². The highest BCUT2D eigenvalue weighted by Crippen LogP contribution is 2.16. The third kappa shape index (κ3) is 4.85. The molecule has 3 aromatic rings. The van der Waals surface area contributed by atoms with Crippen LogP contribution in [0.5, 0.6) is 0 Å². The van der Waals surface area contributed by atoms with Crippen LogP contribution in [-0.2, 0) is 27.5 Å². The Labute approximate surface area is 151 Å². The Morgan fingerprint density at radius 3 is 2.69 bits per heavy atom. The number of carbonyl (C=O) groups excluding carboxylic acids is 1. The Morgan fingerprint density at radius 1 is 1.19 bits per heavy atom. The Hall–Kier alpha value is -2.81. The summed E-state index contributed by atoms with van der Waals surface area (Å²) >= 11 is 0. The first-order valence-corrected chi connectivity index (χ1v) is 10.2. The second-order valence-electron chi connectivity index (χ2n) is 6.04. The van der Waals surface area contributed by atoms with Gasteiger partial charge in [0.25, 0.3) is 0 Å². The van der Waals surface area contributed by atoms with Crippen LogP contribution in [0.1, 0.15) is 17.7 Å². The molecule has 1 aromatic carbocycles. The number of carbonyl (C=O) groups is 1. The molecule has 136 valence electrons. The number of nitrogens with one attached hydrogen (secondary N) is 2. The summed E-state index contributed by atoms with van der Waals surface area (Å²) in [6, 6.07) is 9.37. The fourth-order valence-electron chi connectivity index (χ4n) is 2.58. The average Bonchev–Trinajstić information content (AvgIpc) is 3.03. The first-order chi connectivity index (χ1) is 12.4. The van der Waals surface area contributed by atoms with E-state index in [2.05, 4.69) is 25.3 Å². The van der Waals surface area contributed by atoms with Crippen LogP contribution in [0.15, 0.2) is 36.7 Å². The Bertz CT molecular complexity index is 1020. The van der Waals surface area contributed by atoms with Gasteiger partial charge in [-0.05, 0) is 18.4 Å². The molecule has 0 aliphatic rings. The zero-order valence-corrected chi connectivity index (χ0v) is 15.1. The van der Waals surface area contributed by atoms with Gasteiger partial charge in [-0.25, -0.2) is 18.4 Å². The lowest BCUT2D eigenvalue weighted by Crippen LogP contribution is -2.17. The molecule has 0 unspecified atom stereocenters. The third-order valence-corrected chi connectivity index (χ3v) is 4.78. The van der Waals surface area contributed by atoms with Crippen molar-refractivity contribution in [3.05, 3.63) is 47.9 Å². The van der Waals surface area contributed by atoms with Gasteiger partial charge in [0.2, 0.25) is 11.9 Å². The highest BCUT2D eigenvalue weighted by Gasteiger charge is 2.13. The van der Waals surface area contributed by atoms with E-state index in [0.717, 1.165) is 5.56 Å². The lowest BCUT2D eigenvalue weighted by molar-refractivity contribution is -0.115. The van der Waals surface area contributed by atoms with E-state index in [-0.39, 0.29) is 24.0 Å². The van der Waals surface area contributed by atoms with Crippen LogP contribution in [0.2, 0.25) is 0 Å². The van der Waals surface area contributed by atoms with E-state index in [4.69, 9.17) is 0 Å². The number of hydrogen-bond acceptors (Lipinski definition) is 6. The molecule has 0 saturated carbocycles. The highest BCUT2D eigenvalue weighted by molar-refractivity contribution is 7.90. The summed E-state index contributed by atoms with van der Waals surface area (Å²) in [5, 5.41) is 2.69. The number of amides is 1. The number of nitrogens with zero attached hydrogens (tertiary/aromatic N) is 3. The Kier molecular flexibility index (Phi) is 5.27. The quantitative estimate of drug-likeness (QED) is 0.648. The number of aryl methyl sites for hydroxylation is 1. The van der Waals surface area contributed by atoms with Crippen LogP contribution >= 0.6 is 0 Å². The number of fused-ring (bicyclic) bond motifs is 1. The minimum Gasteiger partial charge on any atom is -0.342 e. The molecule has 0 spiro atoms. The van der Waals surface area contributed by atoms with Gasteiger partial charge in [0.05, 0.1) is 24.2 Å². The number of imidazole rings is 1. The van der Waals surface area contributed by atoms with Crippen molar-refractivity contribution in [3.63, 3.8) is 0 Å². The Morgan fingerprint density at radius 2 is 1.96 bits per heavy atom. The Balaban J connectivity index is 1.75. The number of aromatic amines is 1. The summed E-state index contributed by atoms with van der Waals surface area (Å²) in [6.07, 6.45) is 3.78. The standard InChI is InChI=1S/C17H19N5O3S/c1-26(24,25)9-5-8-13-15-16(19-11-18-15)22-17(20-13)21-14(23)10-12-6-3-2-4-7-12/h2-4,6-7,11H,5,8-10H2,1H3,(H2,18,19,20,21,22,23). The maximum Gasteiger partial charge on any atom is 0.231 e. The topological polar surface area (TPSA) is 118 Å². The smallest absolute Gasteiger partial charge is 0.231 e. The number of aromatic nitrogens is 4. The van der Waals surface area contributed by atoms with Crippen LogP contribution < -0.4 is 5.32 Å². The van der Waals surface area contributed by atoms with Gasteiger partial charge < -0.3 is 4.98 Å².